The molecule has 0 bridgehead atoms. The molecular weight excluding hydrogens is 501 g/mol. The van der Waals surface area contributed by atoms with Crippen LogP contribution in [0, 0.1) is 5.82 Å². The van der Waals surface area contributed by atoms with E-state index in [2.05, 4.69) is 12.2 Å². The molecule has 1 fully saturated rings. The summed E-state index contributed by atoms with van der Waals surface area (Å²) >= 11 is 0. The molecule has 1 aliphatic rings. The van der Waals surface area contributed by atoms with E-state index < -0.39 is 5.60 Å². The minimum Gasteiger partial charge on any atom is -0.493 e. The molecule has 0 radical (unpaired) electrons. The van der Waals surface area contributed by atoms with E-state index in [-0.39, 0.29) is 24.0 Å². The third kappa shape index (κ3) is 9.33. The number of halogens is 1. The molecule has 1 saturated heterocycles. The zero-order valence-electron chi connectivity index (χ0n) is 23.8. The van der Waals surface area contributed by atoms with Gasteiger partial charge in [-0.15, -0.1) is 0 Å². The second-order valence-electron chi connectivity index (χ2n) is 10.8. The Balaban J connectivity index is 1.68. The van der Waals surface area contributed by atoms with Crippen LogP contribution < -0.4 is 14.8 Å². The predicted molar refractivity (Wildman–Crippen MR) is 148 cm³/mol. The maximum absolute atomic E-state index is 13.5. The molecule has 0 atom stereocenters. The topological polar surface area (TPSA) is 80.3 Å². The van der Waals surface area contributed by atoms with Gasteiger partial charge in [0.1, 0.15) is 11.4 Å². The van der Waals surface area contributed by atoms with Crippen molar-refractivity contribution in [2.75, 3.05) is 26.8 Å². The van der Waals surface area contributed by atoms with E-state index in [1.165, 1.54) is 12.1 Å². The molecule has 0 saturated carbocycles. The molecule has 214 valence electrons. The Morgan fingerprint density at radius 2 is 1.72 bits per heavy atom. The molecular formula is C30H42FN3O5. The van der Waals surface area contributed by atoms with Crippen molar-refractivity contribution < 1.29 is 28.2 Å². The number of rotatable bonds is 10. The van der Waals surface area contributed by atoms with Gasteiger partial charge in [-0.2, -0.15) is 0 Å². The first-order valence-corrected chi connectivity index (χ1v) is 13.7. The Bertz CT molecular complexity index is 1080. The summed E-state index contributed by atoms with van der Waals surface area (Å²) in [5.41, 5.74) is 1.15. The number of amides is 3. The average molecular weight is 544 g/mol. The number of carbonyl (C=O) groups excluding carboxylic acids is 2. The van der Waals surface area contributed by atoms with Crippen LogP contribution in [0.5, 0.6) is 11.5 Å². The number of piperidine rings is 1. The number of hydrogen-bond acceptors (Lipinski definition) is 5. The smallest absolute Gasteiger partial charge is 0.410 e. The van der Waals surface area contributed by atoms with Crippen LogP contribution >= 0.6 is 0 Å². The molecule has 0 aromatic heterocycles. The maximum atomic E-state index is 13.5. The lowest BCUT2D eigenvalue weighted by molar-refractivity contribution is 0.0161. The van der Waals surface area contributed by atoms with Crippen LogP contribution in [0.15, 0.2) is 42.5 Å². The average Bonchev–Trinajstić information content (AvgIpc) is 2.91. The van der Waals surface area contributed by atoms with Gasteiger partial charge < -0.3 is 29.3 Å². The van der Waals surface area contributed by atoms with E-state index >= 15 is 0 Å². The fourth-order valence-corrected chi connectivity index (χ4v) is 4.39. The monoisotopic (exact) mass is 543 g/mol. The summed E-state index contributed by atoms with van der Waals surface area (Å²) in [6.45, 7) is 9.84. The highest BCUT2D eigenvalue weighted by atomic mass is 19.1. The van der Waals surface area contributed by atoms with Crippen LogP contribution in [0.25, 0.3) is 0 Å². The number of ether oxygens (including phenoxy) is 3. The standard InChI is InChI=1S/C30H42FN3O5/c1-6-7-18-38-27-19-23(10-13-26(27)37-5)20-32-28(35)34(21-22-8-11-24(31)12-9-22)25-14-16-33(17-15-25)29(36)39-30(2,3)4/h8-13,19,25H,6-7,14-18,20-21H2,1-5H3,(H,32,35). The maximum Gasteiger partial charge on any atom is 0.410 e. The molecule has 1 heterocycles. The van der Waals surface area contributed by atoms with Crippen LogP contribution in [0.1, 0.15) is 64.5 Å². The number of nitrogens with one attached hydrogen (secondary N) is 1. The zero-order chi connectivity index (χ0) is 28.4. The summed E-state index contributed by atoms with van der Waals surface area (Å²) in [6.07, 6.45) is 2.86. The number of urea groups is 1. The molecule has 3 rings (SSSR count). The number of nitrogens with zero attached hydrogens (tertiary/aromatic N) is 2. The van der Waals surface area contributed by atoms with Crippen molar-refractivity contribution in [2.45, 2.75) is 78.1 Å². The predicted octanol–water partition coefficient (Wildman–Crippen LogP) is 6.12. The Morgan fingerprint density at radius 3 is 2.33 bits per heavy atom. The largest absolute Gasteiger partial charge is 0.493 e. The van der Waals surface area contributed by atoms with Crippen molar-refractivity contribution in [3.8, 4) is 11.5 Å². The van der Waals surface area contributed by atoms with Gasteiger partial charge in [-0.05, 0) is 75.4 Å². The molecule has 3 amide bonds. The molecule has 1 aliphatic heterocycles. The first-order valence-electron chi connectivity index (χ1n) is 13.7. The highest BCUT2D eigenvalue weighted by Crippen LogP contribution is 2.28. The summed E-state index contributed by atoms with van der Waals surface area (Å²) in [5, 5.41) is 3.04. The van der Waals surface area contributed by atoms with Crippen molar-refractivity contribution in [1.29, 1.82) is 0 Å². The van der Waals surface area contributed by atoms with E-state index in [1.807, 2.05) is 39.0 Å². The first-order chi connectivity index (χ1) is 18.6. The molecule has 0 aliphatic carbocycles. The van der Waals surface area contributed by atoms with E-state index in [0.717, 1.165) is 24.0 Å². The molecule has 2 aromatic carbocycles. The minimum atomic E-state index is -0.565. The van der Waals surface area contributed by atoms with Gasteiger partial charge in [0.15, 0.2) is 11.5 Å². The van der Waals surface area contributed by atoms with Gasteiger partial charge in [0.25, 0.3) is 0 Å². The number of carbonyl (C=O) groups is 2. The molecule has 9 heteroatoms. The SMILES string of the molecule is CCCCOc1cc(CNC(=O)N(Cc2ccc(F)cc2)C2CCN(C(=O)OC(C)(C)C)CC2)ccc1OC. The quantitative estimate of drug-likeness (QED) is 0.365. The van der Waals surface area contributed by atoms with E-state index in [1.54, 1.807) is 29.0 Å². The Kier molecular flexibility index (Phi) is 10.8. The summed E-state index contributed by atoms with van der Waals surface area (Å²) in [5.74, 6) is 0.975. The molecule has 39 heavy (non-hydrogen) atoms. The fourth-order valence-electron chi connectivity index (χ4n) is 4.39. The lowest BCUT2D eigenvalue weighted by Gasteiger charge is -2.39. The highest BCUT2D eigenvalue weighted by Gasteiger charge is 2.31. The molecule has 2 aromatic rings. The molecule has 0 spiro atoms. The highest BCUT2D eigenvalue weighted by molar-refractivity contribution is 5.75. The third-order valence-electron chi connectivity index (χ3n) is 6.51. The lowest BCUT2D eigenvalue weighted by atomic mass is 10.0. The van der Waals surface area contributed by atoms with Crippen LogP contribution in [-0.2, 0) is 17.8 Å². The van der Waals surface area contributed by atoms with Gasteiger partial charge >= 0.3 is 12.1 Å². The van der Waals surface area contributed by atoms with E-state index in [0.29, 0.717) is 57.1 Å². The zero-order valence-corrected chi connectivity index (χ0v) is 23.8. The third-order valence-corrected chi connectivity index (χ3v) is 6.51. The van der Waals surface area contributed by atoms with E-state index in [9.17, 15) is 14.0 Å². The van der Waals surface area contributed by atoms with Gasteiger partial charge in [-0.3, -0.25) is 0 Å². The summed E-state index contributed by atoms with van der Waals surface area (Å²) in [4.78, 5) is 29.5. The summed E-state index contributed by atoms with van der Waals surface area (Å²) in [6, 6.07) is 11.5. The van der Waals surface area contributed by atoms with Crippen molar-refractivity contribution in [2.24, 2.45) is 0 Å². The summed E-state index contributed by atoms with van der Waals surface area (Å²) in [7, 11) is 1.60. The van der Waals surface area contributed by atoms with E-state index in [4.69, 9.17) is 14.2 Å². The van der Waals surface area contributed by atoms with Crippen molar-refractivity contribution in [3.05, 3.63) is 59.4 Å². The van der Waals surface area contributed by atoms with Crippen LogP contribution in [0.4, 0.5) is 14.0 Å². The number of benzene rings is 2. The molecule has 1 N–H and O–H groups in total. The minimum absolute atomic E-state index is 0.0856. The number of methoxy groups -OCH3 is 1. The Morgan fingerprint density at radius 1 is 1.05 bits per heavy atom. The van der Waals surface area contributed by atoms with Gasteiger partial charge in [0.2, 0.25) is 0 Å². The second-order valence-corrected chi connectivity index (χ2v) is 10.8. The molecule has 8 nitrogen and oxygen atoms in total. The van der Waals surface area contributed by atoms with Crippen molar-refractivity contribution in [3.63, 3.8) is 0 Å². The second kappa shape index (κ2) is 14.1. The normalized spacial score (nSPS) is 14.1. The van der Waals surface area contributed by atoms with Gasteiger partial charge in [0.05, 0.1) is 13.7 Å². The van der Waals surface area contributed by atoms with Crippen molar-refractivity contribution >= 4 is 12.1 Å². The van der Waals surface area contributed by atoms with Crippen molar-refractivity contribution in [1.82, 2.24) is 15.1 Å². The summed E-state index contributed by atoms with van der Waals surface area (Å²) < 4.78 is 30.3. The number of hydrogen-bond donors (Lipinski definition) is 1. The Hall–Kier alpha value is -3.49. The van der Waals surface area contributed by atoms with Crippen LogP contribution in [0.3, 0.4) is 0 Å². The number of likely N-dealkylation sites (tertiary alicyclic amines) is 1. The van der Waals surface area contributed by atoms with Gasteiger partial charge in [-0.25, -0.2) is 14.0 Å². The molecule has 0 unspecified atom stereocenters. The fraction of sp³-hybridized carbons (Fsp3) is 0.533. The number of unbranched alkanes of at least 4 members (excludes halogenated alkanes) is 1. The van der Waals surface area contributed by atoms with Crippen LogP contribution in [0.2, 0.25) is 0 Å². The van der Waals surface area contributed by atoms with Gasteiger partial charge in [0, 0.05) is 32.2 Å². The van der Waals surface area contributed by atoms with Crippen LogP contribution in [-0.4, -0.2) is 60.4 Å². The Labute approximate surface area is 231 Å². The van der Waals surface area contributed by atoms with Gasteiger partial charge in [-0.1, -0.05) is 31.5 Å². The lowest BCUT2D eigenvalue weighted by Crippen LogP contribution is -2.51. The first kappa shape index (κ1) is 30.1.